The van der Waals surface area contributed by atoms with Gasteiger partial charge in [0, 0.05) is 19.5 Å². The highest BCUT2D eigenvalue weighted by atomic mass is 16.4. The van der Waals surface area contributed by atoms with Gasteiger partial charge in [0.15, 0.2) is 0 Å². The largest absolute Gasteiger partial charge is 0.507 e. The first kappa shape index (κ1) is 21.5. The Bertz CT molecular complexity index is 589. The number of aliphatic carboxylic acids is 1. The van der Waals surface area contributed by atoms with Crippen LogP contribution in [0.5, 0.6) is 5.75 Å². The molecule has 4 N–H and O–H groups in total. The molecule has 1 aromatic rings. The van der Waals surface area contributed by atoms with E-state index >= 15 is 0 Å². The van der Waals surface area contributed by atoms with Crippen molar-refractivity contribution in [2.45, 2.75) is 51.4 Å². The minimum Gasteiger partial charge on any atom is -0.507 e. The first-order valence-corrected chi connectivity index (χ1v) is 9.05. The molecule has 0 heterocycles. The molecule has 2 amide bonds. The van der Waals surface area contributed by atoms with E-state index in [-0.39, 0.29) is 36.0 Å². The number of benzene rings is 1. The topological polar surface area (TPSA) is 116 Å². The molecule has 0 fully saturated rings. The van der Waals surface area contributed by atoms with Crippen LogP contribution in [-0.2, 0) is 9.59 Å². The van der Waals surface area contributed by atoms with Crippen molar-refractivity contribution in [1.29, 1.82) is 0 Å². The van der Waals surface area contributed by atoms with Gasteiger partial charge in [0.2, 0.25) is 5.91 Å². The molecule has 0 radical (unpaired) electrons. The van der Waals surface area contributed by atoms with Gasteiger partial charge in [0.25, 0.3) is 5.91 Å². The van der Waals surface area contributed by atoms with Crippen molar-refractivity contribution in [3.8, 4) is 5.75 Å². The Morgan fingerprint density at radius 1 is 0.808 bits per heavy atom. The summed E-state index contributed by atoms with van der Waals surface area (Å²) in [7, 11) is 0. The fraction of sp³-hybridized carbons (Fsp3) is 0.526. The quantitative estimate of drug-likeness (QED) is 0.401. The number of nitrogens with one attached hydrogen (secondary N) is 2. The molecule has 0 saturated carbocycles. The standard InChI is InChI=1S/C19H28N2O5/c22-16-10-6-5-9-15(16)19(26)21-14-8-4-2-1-3-7-13-20-17(23)11-12-18(24)25/h5-6,9-10,22H,1-4,7-8,11-14H2,(H,20,23)(H,21,26)(H,24,25). The highest BCUT2D eigenvalue weighted by molar-refractivity contribution is 5.96. The number of phenols is 1. The predicted molar refractivity (Wildman–Crippen MR) is 98.0 cm³/mol. The Labute approximate surface area is 153 Å². The zero-order chi connectivity index (χ0) is 19.2. The van der Waals surface area contributed by atoms with Crippen molar-refractivity contribution in [3.05, 3.63) is 29.8 Å². The number of hydrogen-bond donors (Lipinski definition) is 4. The molecular formula is C19H28N2O5. The van der Waals surface area contributed by atoms with E-state index in [0.29, 0.717) is 13.1 Å². The van der Waals surface area contributed by atoms with Crippen LogP contribution in [0.1, 0.15) is 61.7 Å². The smallest absolute Gasteiger partial charge is 0.303 e. The second-order valence-corrected chi connectivity index (χ2v) is 6.14. The normalized spacial score (nSPS) is 10.3. The number of hydrogen-bond acceptors (Lipinski definition) is 4. The lowest BCUT2D eigenvalue weighted by molar-refractivity contribution is -0.138. The summed E-state index contributed by atoms with van der Waals surface area (Å²) in [5, 5.41) is 23.6. The van der Waals surface area contributed by atoms with E-state index in [9.17, 15) is 19.5 Å². The van der Waals surface area contributed by atoms with Gasteiger partial charge < -0.3 is 20.8 Å². The summed E-state index contributed by atoms with van der Waals surface area (Å²) in [6.07, 6.45) is 5.77. The number of aromatic hydroxyl groups is 1. The minimum absolute atomic E-state index is 0.0138. The summed E-state index contributed by atoms with van der Waals surface area (Å²) >= 11 is 0. The number of phenolic OH excluding ortho intramolecular Hbond substituents is 1. The average Bonchev–Trinajstić information content (AvgIpc) is 2.61. The monoisotopic (exact) mass is 364 g/mol. The van der Waals surface area contributed by atoms with Gasteiger partial charge in [-0.05, 0) is 25.0 Å². The SMILES string of the molecule is O=C(O)CCC(=O)NCCCCCCCCNC(=O)c1ccccc1O. The molecule has 0 unspecified atom stereocenters. The molecule has 144 valence electrons. The maximum atomic E-state index is 11.9. The Morgan fingerprint density at radius 3 is 2.00 bits per heavy atom. The number of carboxylic acid groups (broad SMARTS) is 1. The molecular weight excluding hydrogens is 336 g/mol. The van der Waals surface area contributed by atoms with Crippen LogP contribution < -0.4 is 10.6 Å². The number of amides is 2. The summed E-state index contributed by atoms with van der Waals surface area (Å²) in [5.74, 6) is -1.45. The molecule has 1 rings (SSSR count). The third-order valence-corrected chi connectivity index (χ3v) is 3.93. The lowest BCUT2D eigenvalue weighted by Crippen LogP contribution is -2.24. The lowest BCUT2D eigenvalue weighted by atomic mass is 10.1. The predicted octanol–water partition coefficient (Wildman–Crippen LogP) is 2.44. The molecule has 7 heteroatoms. The summed E-state index contributed by atoms with van der Waals surface area (Å²) in [6, 6.07) is 6.46. The van der Waals surface area contributed by atoms with Crippen molar-refractivity contribution in [1.82, 2.24) is 10.6 Å². The highest BCUT2D eigenvalue weighted by Crippen LogP contribution is 2.15. The molecule has 0 atom stereocenters. The maximum absolute atomic E-state index is 11.9. The third kappa shape index (κ3) is 9.66. The molecule has 7 nitrogen and oxygen atoms in total. The van der Waals surface area contributed by atoms with E-state index < -0.39 is 5.97 Å². The van der Waals surface area contributed by atoms with Crippen molar-refractivity contribution in [2.24, 2.45) is 0 Å². The Kier molecular flexibility index (Phi) is 10.5. The van der Waals surface area contributed by atoms with Crippen LogP contribution in [0.2, 0.25) is 0 Å². The van der Waals surface area contributed by atoms with Gasteiger partial charge in [0.05, 0.1) is 12.0 Å². The maximum Gasteiger partial charge on any atom is 0.303 e. The van der Waals surface area contributed by atoms with Crippen molar-refractivity contribution in [2.75, 3.05) is 13.1 Å². The van der Waals surface area contributed by atoms with Crippen LogP contribution in [0.25, 0.3) is 0 Å². The minimum atomic E-state index is -0.961. The van der Waals surface area contributed by atoms with E-state index in [1.54, 1.807) is 18.2 Å². The fourth-order valence-corrected chi connectivity index (χ4v) is 2.46. The molecule has 26 heavy (non-hydrogen) atoms. The fourth-order valence-electron chi connectivity index (χ4n) is 2.46. The highest BCUT2D eigenvalue weighted by Gasteiger charge is 2.08. The van der Waals surface area contributed by atoms with E-state index in [4.69, 9.17) is 5.11 Å². The van der Waals surface area contributed by atoms with Crippen LogP contribution >= 0.6 is 0 Å². The van der Waals surface area contributed by atoms with Crippen LogP contribution in [-0.4, -0.2) is 41.1 Å². The van der Waals surface area contributed by atoms with Crippen LogP contribution in [0.3, 0.4) is 0 Å². The second-order valence-electron chi connectivity index (χ2n) is 6.14. The Morgan fingerprint density at radius 2 is 1.38 bits per heavy atom. The summed E-state index contributed by atoms with van der Waals surface area (Å²) in [6.45, 7) is 1.15. The van der Waals surface area contributed by atoms with Gasteiger partial charge in [-0.2, -0.15) is 0 Å². The van der Waals surface area contributed by atoms with E-state index in [0.717, 1.165) is 38.5 Å². The molecule has 0 aromatic heterocycles. The van der Waals surface area contributed by atoms with E-state index in [2.05, 4.69) is 10.6 Å². The number of carbonyl (C=O) groups excluding carboxylic acids is 2. The Hall–Kier alpha value is -2.57. The number of carbonyl (C=O) groups is 3. The van der Waals surface area contributed by atoms with Gasteiger partial charge in [-0.1, -0.05) is 37.8 Å². The Balaban J connectivity index is 1.94. The molecule has 0 aliphatic rings. The van der Waals surface area contributed by atoms with Crippen molar-refractivity contribution in [3.63, 3.8) is 0 Å². The first-order chi connectivity index (χ1) is 12.5. The zero-order valence-corrected chi connectivity index (χ0v) is 15.0. The molecule has 0 bridgehead atoms. The molecule has 0 spiro atoms. The summed E-state index contributed by atoms with van der Waals surface area (Å²) < 4.78 is 0. The van der Waals surface area contributed by atoms with Crippen LogP contribution in [0.4, 0.5) is 0 Å². The van der Waals surface area contributed by atoms with Crippen molar-refractivity contribution >= 4 is 17.8 Å². The molecule has 0 aliphatic carbocycles. The van der Waals surface area contributed by atoms with Gasteiger partial charge in [-0.25, -0.2) is 0 Å². The van der Waals surface area contributed by atoms with Crippen LogP contribution in [0.15, 0.2) is 24.3 Å². The van der Waals surface area contributed by atoms with Gasteiger partial charge in [0.1, 0.15) is 5.75 Å². The van der Waals surface area contributed by atoms with Crippen molar-refractivity contribution < 1.29 is 24.6 Å². The number of unbranched alkanes of at least 4 members (excludes halogenated alkanes) is 5. The number of carboxylic acids is 1. The molecule has 0 saturated heterocycles. The first-order valence-electron chi connectivity index (χ1n) is 9.05. The zero-order valence-electron chi connectivity index (χ0n) is 15.0. The summed E-state index contributed by atoms with van der Waals surface area (Å²) in [5.41, 5.74) is 0.290. The third-order valence-electron chi connectivity index (χ3n) is 3.93. The number of rotatable bonds is 13. The second kappa shape index (κ2) is 12.7. The number of para-hydroxylation sites is 1. The van der Waals surface area contributed by atoms with Gasteiger partial charge in [-0.3, -0.25) is 14.4 Å². The van der Waals surface area contributed by atoms with E-state index in [1.165, 1.54) is 6.07 Å². The lowest BCUT2D eigenvalue weighted by Gasteiger charge is -2.07. The molecule has 1 aromatic carbocycles. The summed E-state index contributed by atoms with van der Waals surface area (Å²) in [4.78, 5) is 33.5. The van der Waals surface area contributed by atoms with Crippen LogP contribution in [0, 0.1) is 0 Å². The average molecular weight is 364 g/mol. The van der Waals surface area contributed by atoms with Gasteiger partial charge in [-0.15, -0.1) is 0 Å². The van der Waals surface area contributed by atoms with E-state index in [1.807, 2.05) is 0 Å². The molecule has 0 aliphatic heterocycles. The van der Waals surface area contributed by atoms with Gasteiger partial charge >= 0.3 is 5.97 Å².